The Bertz CT molecular complexity index is 971. The lowest BCUT2D eigenvalue weighted by Crippen LogP contribution is -2.36. The number of hydrogen-bond acceptors (Lipinski definition) is 6. The third-order valence-electron chi connectivity index (χ3n) is 5.31. The van der Waals surface area contributed by atoms with Crippen LogP contribution in [-0.2, 0) is 21.2 Å². The molecular weight excluding hydrogens is 428 g/mol. The molecule has 0 aliphatic carbocycles. The van der Waals surface area contributed by atoms with E-state index >= 15 is 0 Å². The van der Waals surface area contributed by atoms with Crippen LogP contribution in [0.3, 0.4) is 0 Å². The van der Waals surface area contributed by atoms with Crippen molar-refractivity contribution in [1.82, 2.24) is 0 Å². The molecule has 0 atom stereocenters. The van der Waals surface area contributed by atoms with Gasteiger partial charge in [0, 0.05) is 25.2 Å². The minimum absolute atomic E-state index is 0.218. The molecule has 0 unspecified atom stereocenters. The predicted molar refractivity (Wildman–Crippen MR) is 128 cm³/mol. The summed E-state index contributed by atoms with van der Waals surface area (Å²) < 4.78 is 46.0. The average molecular weight is 463 g/mol. The van der Waals surface area contributed by atoms with Crippen molar-refractivity contribution < 1.29 is 22.6 Å². The maximum absolute atomic E-state index is 13.1. The highest BCUT2D eigenvalue weighted by atomic mass is 32.2. The van der Waals surface area contributed by atoms with Gasteiger partial charge in [0.2, 0.25) is 0 Å². The van der Waals surface area contributed by atoms with E-state index in [1.54, 1.807) is 18.2 Å². The number of morpholine rings is 1. The molecule has 1 fully saturated rings. The summed E-state index contributed by atoms with van der Waals surface area (Å²) in [7, 11) is -3.78. The molecule has 32 heavy (non-hydrogen) atoms. The zero-order chi connectivity index (χ0) is 23.0. The fourth-order valence-electron chi connectivity index (χ4n) is 3.65. The molecule has 2 aromatic carbocycles. The topological polar surface area (TPSA) is 77.1 Å². The van der Waals surface area contributed by atoms with E-state index in [0.717, 1.165) is 43.6 Å². The van der Waals surface area contributed by atoms with Crippen molar-refractivity contribution in [1.29, 1.82) is 0 Å². The first-order valence-electron chi connectivity index (χ1n) is 11.4. The van der Waals surface area contributed by atoms with Crippen molar-refractivity contribution in [2.45, 2.75) is 44.9 Å². The maximum atomic E-state index is 13.1. The second-order valence-corrected chi connectivity index (χ2v) is 9.32. The van der Waals surface area contributed by atoms with E-state index in [-0.39, 0.29) is 4.90 Å². The molecule has 1 heterocycles. The van der Waals surface area contributed by atoms with Crippen molar-refractivity contribution in [3.63, 3.8) is 0 Å². The predicted octanol–water partition coefficient (Wildman–Crippen LogP) is 4.46. The van der Waals surface area contributed by atoms with Gasteiger partial charge < -0.3 is 19.1 Å². The Balaban J connectivity index is 1.91. The SMILES string of the molecule is CCCCc1ccc(S(=O)(=O)Nc2cc(OCC)c(N3CCOCC3)cc2OCC)cc1. The van der Waals surface area contributed by atoms with Crippen LogP contribution in [0.15, 0.2) is 41.3 Å². The molecule has 0 saturated carbocycles. The Morgan fingerprint density at radius 2 is 1.62 bits per heavy atom. The van der Waals surface area contributed by atoms with Gasteiger partial charge in [-0.2, -0.15) is 0 Å². The number of unbranched alkanes of at least 4 members (excludes halogenated alkanes) is 1. The zero-order valence-electron chi connectivity index (χ0n) is 19.2. The van der Waals surface area contributed by atoms with Crippen molar-refractivity contribution in [2.75, 3.05) is 49.1 Å². The highest BCUT2D eigenvalue weighted by Crippen LogP contribution is 2.40. The molecule has 0 aromatic heterocycles. The van der Waals surface area contributed by atoms with Crippen LogP contribution in [0.25, 0.3) is 0 Å². The lowest BCUT2D eigenvalue weighted by atomic mass is 10.1. The van der Waals surface area contributed by atoms with Gasteiger partial charge in [0.1, 0.15) is 11.5 Å². The van der Waals surface area contributed by atoms with Gasteiger partial charge in [-0.3, -0.25) is 4.72 Å². The molecule has 0 spiro atoms. The molecular formula is C24H34N2O5S. The van der Waals surface area contributed by atoms with Crippen LogP contribution in [0.5, 0.6) is 11.5 Å². The van der Waals surface area contributed by atoms with Crippen molar-refractivity contribution in [2.24, 2.45) is 0 Å². The van der Waals surface area contributed by atoms with Crippen molar-refractivity contribution in [3.8, 4) is 11.5 Å². The van der Waals surface area contributed by atoms with E-state index in [1.807, 2.05) is 32.0 Å². The molecule has 176 valence electrons. The van der Waals surface area contributed by atoms with Gasteiger partial charge in [0.25, 0.3) is 10.0 Å². The van der Waals surface area contributed by atoms with Gasteiger partial charge in [-0.1, -0.05) is 25.5 Å². The smallest absolute Gasteiger partial charge is 0.262 e. The van der Waals surface area contributed by atoms with E-state index in [4.69, 9.17) is 14.2 Å². The molecule has 0 bridgehead atoms. The minimum atomic E-state index is -3.78. The van der Waals surface area contributed by atoms with Gasteiger partial charge in [-0.15, -0.1) is 0 Å². The maximum Gasteiger partial charge on any atom is 0.262 e. The van der Waals surface area contributed by atoms with E-state index < -0.39 is 10.0 Å². The summed E-state index contributed by atoms with van der Waals surface area (Å²) >= 11 is 0. The van der Waals surface area contributed by atoms with E-state index in [9.17, 15) is 8.42 Å². The number of hydrogen-bond donors (Lipinski definition) is 1. The second kappa shape index (κ2) is 11.4. The summed E-state index contributed by atoms with van der Waals surface area (Å²) in [5, 5.41) is 0. The first kappa shape index (κ1) is 24.2. The third kappa shape index (κ3) is 6.07. The van der Waals surface area contributed by atoms with Crippen molar-refractivity contribution in [3.05, 3.63) is 42.0 Å². The lowest BCUT2D eigenvalue weighted by molar-refractivity contribution is 0.122. The number of anilines is 2. The van der Waals surface area contributed by atoms with Crippen LogP contribution in [-0.4, -0.2) is 47.9 Å². The highest BCUT2D eigenvalue weighted by Gasteiger charge is 2.22. The molecule has 8 heteroatoms. The number of rotatable bonds is 11. The molecule has 1 saturated heterocycles. The second-order valence-electron chi connectivity index (χ2n) is 7.63. The highest BCUT2D eigenvalue weighted by molar-refractivity contribution is 7.92. The normalized spacial score (nSPS) is 14.3. The van der Waals surface area contributed by atoms with Crippen molar-refractivity contribution >= 4 is 21.4 Å². The summed E-state index contributed by atoms with van der Waals surface area (Å²) in [6.45, 7) is 9.55. The van der Waals surface area contributed by atoms with Gasteiger partial charge in [-0.05, 0) is 44.4 Å². The Hall–Kier alpha value is -2.45. The first-order valence-corrected chi connectivity index (χ1v) is 12.8. The Morgan fingerprint density at radius 3 is 2.25 bits per heavy atom. The molecule has 1 aliphatic rings. The molecule has 3 rings (SSSR count). The molecule has 1 aliphatic heterocycles. The zero-order valence-corrected chi connectivity index (χ0v) is 20.0. The Morgan fingerprint density at radius 1 is 0.969 bits per heavy atom. The molecule has 7 nitrogen and oxygen atoms in total. The van der Waals surface area contributed by atoms with Gasteiger partial charge in [0.15, 0.2) is 0 Å². The number of sulfonamides is 1. The van der Waals surface area contributed by atoms with Gasteiger partial charge in [0.05, 0.1) is 42.7 Å². The van der Waals surface area contributed by atoms with Crippen LogP contribution < -0.4 is 19.1 Å². The van der Waals surface area contributed by atoms with E-state index in [2.05, 4.69) is 16.5 Å². The monoisotopic (exact) mass is 462 g/mol. The lowest BCUT2D eigenvalue weighted by Gasteiger charge is -2.31. The summed E-state index contributed by atoms with van der Waals surface area (Å²) in [5.74, 6) is 1.09. The summed E-state index contributed by atoms with van der Waals surface area (Å²) in [6, 6.07) is 10.6. The quantitative estimate of drug-likeness (QED) is 0.531. The molecule has 2 aromatic rings. The number of benzene rings is 2. The third-order valence-corrected chi connectivity index (χ3v) is 6.69. The molecule has 0 amide bonds. The number of aryl methyl sites for hydroxylation is 1. The van der Waals surface area contributed by atoms with E-state index in [0.29, 0.717) is 43.6 Å². The van der Waals surface area contributed by atoms with E-state index in [1.165, 1.54) is 0 Å². The summed E-state index contributed by atoms with van der Waals surface area (Å²) in [4.78, 5) is 2.39. The Kier molecular flexibility index (Phi) is 8.64. The van der Waals surface area contributed by atoms with Gasteiger partial charge in [-0.25, -0.2) is 8.42 Å². The number of nitrogens with zero attached hydrogens (tertiary/aromatic N) is 1. The molecule has 0 radical (unpaired) electrons. The van der Waals surface area contributed by atoms with Crippen LogP contribution in [0.4, 0.5) is 11.4 Å². The summed E-state index contributed by atoms with van der Waals surface area (Å²) in [5.41, 5.74) is 2.37. The van der Waals surface area contributed by atoms with Gasteiger partial charge >= 0.3 is 0 Å². The minimum Gasteiger partial charge on any atom is -0.492 e. The van der Waals surface area contributed by atoms with Crippen LogP contribution in [0.1, 0.15) is 39.2 Å². The fourth-order valence-corrected chi connectivity index (χ4v) is 4.71. The number of ether oxygens (including phenoxy) is 3. The van der Waals surface area contributed by atoms with Crippen LogP contribution in [0, 0.1) is 0 Å². The number of nitrogens with one attached hydrogen (secondary N) is 1. The first-order chi connectivity index (χ1) is 15.5. The van der Waals surface area contributed by atoms with Crippen LogP contribution in [0.2, 0.25) is 0 Å². The largest absolute Gasteiger partial charge is 0.492 e. The Labute approximate surface area is 191 Å². The summed E-state index contributed by atoms with van der Waals surface area (Å²) in [6.07, 6.45) is 3.13. The standard InChI is InChI=1S/C24H34N2O5S/c1-4-7-8-19-9-11-20(12-10-19)32(27,28)25-21-17-24(31-6-3)22(18-23(21)30-5-2)26-13-15-29-16-14-26/h9-12,17-18,25H,4-8,13-16H2,1-3H3. The van der Waals surface area contributed by atoms with Crippen LogP contribution >= 0.6 is 0 Å². The average Bonchev–Trinajstić information content (AvgIpc) is 2.80. The fraction of sp³-hybridized carbons (Fsp3) is 0.500. The molecule has 1 N–H and O–H groups in total.